The minimum atomic E-state index is 0.585. The molecule has 1 N–H and O–H groups in total. The van der Waals surface area contributed by atoms with E-state index in [0.29, 0.717) is 6.10 Å². The zero-order valence-electron chi connectivity index (χ0n) is 8.31. The van der Waals surface area contributed by atoms with Crippen molar-refractivity contribution in [3.8, 4) is 0 Å². The van der Waals surface area contributed by atoms with Gasteiger partial charge in [-0.3, -0.25) is 0 Å². The van der Waals surface area contributed by atoms with E-state index in [1.165, 1.54) is 25.8 Å². The second-order valence-electron chi connectivity index (χ2n) is 3.56. The van der Waals surface area contributed by atoms with Crippen LogP contribution in [-0.4, -0.2) is 25.8 Å². The number of ether oxygens (including phenoxy) is 1. The molecule has 0 saturated heterocycles. The predicted octanol–water partition coefficient (Wildman–Crippen LogP) is 1.80. The Morgan fingerprint density at radius 1 is 1.33 bits per heavy atom. The molecule has 0 spiro atoms. The lowest BCUT2D eigenvalue weighted by Crippen LogP contribution is -2.33. The molecular formula is C10H21NO. The van der Waals surface area contributed by atoms with Crippen molar-refractivity contribution in [2.45, 2.75) is 39.2 Å². The van der Waals surface area contributed by atoms with Gasteiger partial charge in [-0.05, 0) is 45.2 Å². The van der Waals surface area contributed by atoms with Crippen molar-refractivity contribution < 1.29 is 4.74 Å². The predicted molar refractivity (Wildman–Crippen MR) is 51.3 cm³/mol. The molecule has 12 heavy (non-hydrogen) atoms. The summed E-state index contributed by atoms with van der Waals surface area (Å²) in [6.45, 7) is 7.39. The first-order valence-corrected chi connectivity index (χ1v) is 5.19. The zero-order chi connectivity index (χ0) is 8.81. The third kappa shape index (κ3) is 3.11. The molecule has 1 aliphatic rings. The summed E-state index contributed by atoms with van der Waals surface area (Å²) in [5, 5.41) is 3.35. The van der Waals surface area contributed by atoms with E-state index in [4.69, 9.17) is 4.74 Å². The van der Waals surface area contributed by atoms with Crippen LogP contribution in [0.3, 0.4) is 0 Å². The lowest BCUT2D eigenvalue weighted by molar-refractivity contribution is -0.0262. The van der Waals surface area contributed by atoms with E-state index in [2.05, 4.69) is 19.2 Å². The smallest absolute Gasteiger partial charge is 0.0580 e. The average molecular weight is 171 g/mol. The molecule has 0 aromatic carbocycles. The molecule has 72 valence electrons. The highest BCUT2D eigenvalue weighted by atomic mass is 16.5. The largest absolute Gasteiger partial charge is 0.378 e. The van der Waals surface area contributed by atoms with Crippen LogP contribution in [0.4, 0.5) is 0 Å². The highest BCUT2D eigenvalue weighted by Gasteiger charge is 2.28. The second-order valence-corrected chi connectivity index (χ2v) is 3.56. The summed E-state index contributed by atoms with van der Waals surface area (Å²) < 4.78 is 5.49. The van der Waals surface area contributed by atoms with Gasteiger partial charge in [0.05, 0.1) is 6.10 Å². The molecule has 2 heteroatoms. The topological polar surface area (TPSA) is 21.3 Å². The highest BCUT2D eigenvalue weighted by molar-refractivity contribution is 4.80. The minimum absolute atomic E-state index is 0.585. The molecule has 0 heterocycles. The maximum Gasteiger partial charge on any atom is 0.0580 e. The van der Waals surface area contributed by atoms with Crippen LogP contribution in [0.2, 0.25) is 0 Å². The van der Waals surface area contributed by atoms with Crippen LogP contribution in [0.15, 0.2) is 0 Å². The molecule has 0 aromatic heterocycles. The van der Waals surface area contributed by atoms with E-state index in [1.807, 2.05) is 0 Å². The van der Waals surface area contributed by atoms with Gasteiger partial charge in [-0.1, -0.05) is 6.92 Å². The Bertz CT molecular complexity index is 108. The van der Waals surface area contributed by atoms with Gasteiger partial charge in [0, 0.05) is 6.61 Å². The molecule has 2 nitrogen and oxygen atoms in total. The van der Waals surface area contributed by atoms with Crippen LogP contribution >= 0.6 is 0 Å². The van der Waals surface area contributed by atoms with Crippen LogP contribution in [-0.2, 0) is 4.74 Å². The van der Waals surface area contributed by atoms with Gasteiger partial charge in [-0.25, -0.2) is 0 Å². The van der Waals surface area contributed by atoms with E-state index in [-0.39, 0.29) is 0 Å². The van der Waals surface area contributed by atoms with Crippen molar-refractivity contribution >= 4 is 0 Å². The number of rotatable bonds is 6. The standard InChI is InChI=1S/C10H21NO/c1-3-11-6-5-9-7-10(8-9)12-4-2/h9-11H,3-8H2,1-2H3. The van der Waals surface area contributed by atoms with Gasteiger partial charge in [-0.15, -0.1) is 0 Å². The molecule has 0 unspecified atom stereocenters. The van der Waals surface area contributed by atoms with E-state index in [9.17, 15) is 0 Å². The molecule has 0 aromatic rings. The van der Waals surface area contributed by atoms with Gasteiger partial charge in [0.2, 0.25) is 0 Å². The molecular weight excluding hydrogens is 150 g/mol. The van der Waals surface area contributed by atoms with Crippen molar-refractivity contribution in [1.29, 1.82) is 0 Å². The van der Waals surface area contributed by atoms with Crippen molar-refractivity contribution in [1.82, 2.24) is 5.32 Å². The Morgan fingerprint density at radius 3 is 2.67 bits per heavy atom. The van der Waals surface area contributed by atoms with Crippen LogP contribution in [0.5, 0.6) is 0 Å². The van der Waals surface area contributed by atoms with Crippen molar-refractivity contribution in [3.05, 3.63) is 0 Å². The minimum Gasteiger partial charge on any atom is -0.378 e. The van der Waals surface area contributed by atoms with E-state index < -0.39 is 0 Å². The zero-order valence-corrected chi connectivity index (χ0v) is 8.31. The molecule has 1 aliphatic carbocycles. The summed E-state index contributed by atoms with van der Waals surface area (Å²) in [6.07, 6.45) is 4.50. The molecule has 1 fully saturated rings. The normalized spacial score (nSPS) is 28.5. The third-order valence-electron chi connectivity index (χ3n) is 2.57. The SMILES string of the molecule is CCNCCC1CC(OCC)C1. The molecule has 0 atom stereocenters. The number of hydrogen-bond donors (Lipinski definition) is 1. The molecule has 0 amide bonds. The van der Waals surface area contributed by atoms with Gasteiger partial charge in [0.15, 0.2) is 0 Å². The molecule has 1 rings (SSSR count). The summed E-state index contributed by atoms with van der Waals surface area (Å²) in [4.78, 5) is 0. The van der Waals surface area contributed by atoms with Crippen LogP contribution in [0.25, 0.3) is 0 Å². The van der Waals surface area contributed by atoms with Crippen LogP contribution in [0.1, 0.15) is 33.1 Å². The fraction of sp³-hybridized carbons (Fsp3) is 1.00. The van der Waals surface area contributed by atoms with Gasteiger partial charge >= 0.3 is 0 Å². The van der Waals surface area contributed by atoms with Crippen molar-refractivity contribution in [3.63, 3.8) is 0 Å². The summed E-state index contributed by atoms with van der Waals surface area (Å²) in [5.41, 5.74) is 0. The van der Waals surface area contributed by atoms with Crippen LogP contribution < -0.4 is 5.32 Å². The Morgan fingerprint density at radius 2 is 2.08 bits per heavy atom. The Kier molecular flexibility index (Phi) is 4.62. The van der Waals surface area contributed by atoms with Crippen LogP contribution in [0, 0.1) is 5.92 Å². The highest BCUT2D eigenvalue weighted by Crippen LogP contribution is 2.32. The number of hydrogen-bond acceptors (Lipinski definition) is 2. The van der Waals surface area contributed by atoms with E-state index >= 15 is 0 Å². The Balaban J connectivity index is 1.88. The summed E-state index contributed by atoms with van der Waals surface area (Å²) in [7, 11) is 0. The summed E-state index contributed by atoms with van der Waals surface area (Å²) >= 11 is 0. The quantitative estimate of drug-likeness (QED) is 0.615. The maximum atomic E-state index is 5.49. The van der Waals surface area contributed by atoms with Crippen molar-refractivity contribution in [2.75, 3.05) is 19.7 Å². The first-order valence-electron chi connectivity index (χ1n) is 5.19. The molecule has 0 bridgehead atoms. The lowest BCUT2D eigenvalue weighted by Gasteiger charge is -2.34. The molecule has 1 saturated carbocycles. The average Bonchev–Trinajstić information content (AvgIpc) is 2.00. The second kappa shape index (κ2) is 5.55. The summed E-state index contributed by atoms with van der Waals surface area (Å²) in [6, 6.07) is 0. The number of nitrogens with one attached hydrogen (secondary N) is 1. The van der Waals surface area contributed by atoms with Gasteiger partial charge < -0.3 is 10.1 Å². The van der Waals surface area contributed by atoms with E-state index in [0.717, 1.165) is 19.1 Å². The monoisotopic (exact) mass is 171 g/mol. The van der Waals surface area contributed by atoms with Gasteiger partial charge in [-0.2, -0.15) is 0 Å². The first kappa shape index (κ1) is 10.0. The molecule has 0 aliphatic heterocycles. The third-order valence-corrected chi connectivity index (χ3v) is 2.57. The van der Waals surface area contributed by atoms with Crippen molar-refractivity contribution in [2.24, 2.45) is 5.92 Å². The lowest BCUT2D eigenvalue weighted by atomic mass is 9.80. The fourth-order valence-corrected chi connectivity index (χ4v) is 1.76. The molecule has 0 radical (unpaired) electrons. The Labute approximate surface area is 75.7 Å². The first-order chi connectivity index (χ1) is 5.86. The Hall–Kier alpha value is -0.0800. The fourth-order valence-electron chi connectivity index (χ4n) is 1.76. The van der Waals surface area contributed by atoms with Gasteiger partial charge in [0.1, 0.15) is 0 Å². The van der Waals surface area contributed by atoms with E-state index in [1.54, 1.807) is 0 Å². The maximum absolute atomic E-state index is 5.49. The van der Waals surface area contributed by atoms with Gasteiger partial charge in [0.25, 0.3) is 0 Å². The summed E-state index contributed by atoms with van der Waals surface area (Å²) in [5.74, 6) is 0.931.